The number of aromatic amines is 1. The highest BCUT2D eigenvalue weighted by molar-refractivity contribution is 7.99. The lowest BCUT2D eigenvalue weighted by Crippen LogP contribution is -2.15. The molecule has 0 aromatic carbocycles. The van der Waals surface area contributed by atoms with Crippen LogP contribution in [0.25, 0.3) is 10.2 Å². The summed E-state index contributed by atoms with van der Waals surface area (Å²) < 4.78 is 5.57. The molecule has 8 nitrogen and oxygen atoms in total. The third-order valence-electron chi connectivity index (χ3n) is 3.94. The second kappa shape index (κ2) is 8.05. The first-order valence-electron chi connectivity index (χ1n) is 8.40. The van der Waals surface area contributed by atoms with Gasteiger partial charge in [-0.1, -0.05) is 11.3 Å². The van der Waals surface area contributed by atoms with Crippen LogP contribution in [0.15, 0.2) is 10.9 Å². The Labute approximate surface area is 166 Å². The van der Waals surface area contributed by atoms with Gasteiger partial charge in [-0.25, -0.2) is 4.98 Å². The smallest absolute Gasteiger partial charge is 0.259 e. The Balaban J connectivity index is 1.30. The second-order valence-corrected chi connectivity index (χ2v) is 9.31. The molecular weight excluding hydrogens is 406 g/mol. The number of nitrogens with one attached hydrogen (secondary N) is 2. The highest BCUT2D eigenvalue weighted by Gasteiger charge is 2.22. The second-order valence-electron chi connectivity index (χ2n) is 6.08. The lowest BCUT2D eigenvalue weighted by atomic mass is 10.2. The zero-order chi connectivity index (χ0) is 18.8. The molecule has 2 N–H and O–H groups in total. The first-order chi connectivity index (χ1) is 13.1. The number of fused-ring (bicyclic) bond motifs is 1. The van der Waals surface area contributed by atoms with E-state index < -0.39 is 0 Å². The molecule has 4 rings (SSSR count). The van der Waals surface area contributed by atoms with Crippen molar-refractivity contribution in [3.63, 3.8) is 0 Å². The number of nitrogens with zero attached hydrogens (tertiary/aromatic N) is 3. The van der Waals surface area contributed by atoms with Gasteiger partial charge in [0.15, 0.2) is 0 Å². The molecule has 1 aliphatic heterocycles. The average Bonchev–Trinajstić information content (AvgIpc) is 3.34. The topological polar surface area (TPSA) is 110 Å². The maximum Gasteiger partial charge on any atom is 0.259 e. The molecule has 0 radical (unpaired) electrons. The largest absolute Gasteiger partial charge is 0.371 e. The fraction of sp³-hybridized carbons (Fsp3) is 0.438. The van der Waals surface area contributed by atoms with Crippen LogP contribution in [0.4, 0.5) is 5.13 Å². The molecule has 0 bridgehead atoms. The van der Waals surface area contributed by atoms with Crippen LogP contribution in [-0.4, -0.2) is 38.4 Å². The molecule has 3 aromatic rings. The fourth-order valence-corrected chi connectivity index (χ4v) is 5.18. The number of carbonyl (C=O) groups excluding carboxylic acids is 1. The van der Waals surface area contributed by atoms with Crippen molar-refractivity contribution in [2.75, 3.05) is 17.7 Å². The summed E-state index contributed by atoms with van der Waals surface area (Å²) in [6.07, 6.45) is 1.97. The predicted molar refractivity (Wildman–Crippen MR) is 108 cm³/mol. The number of H-pyrrole nitrogens is 1. The van der Waals surface area contributed by atoms with E-state index in [1.165, 1.54) is 34.4 Å². The van der Waals surface area contributed by atoms with Crippen molar-refractivity contribution in [3.8, 4) is 0 Å². The maximum atomic E-state index is 12.1. The van der Waals surface area contributed by atoms with Gasteiger partial charge in [-0.3, -0.25) is 14.9 Å². The highest BCUT2D eigenvalue weighted by Crippen LogP contribution is 2.31. The van der Waals surface area contributed by atoms with E-state index in [4.69, 9.17) is 4.74 Å². The van der Waals surface area contributed by atoms with Crippen LogP contribution in [0.5, 0.6) is 0 Å². The van der Waals surface area contributed by atoms with Crippen LogP contribution in [0, 0.1) is 6.92 Å². The molecule has 142 valence electrons. The molecule has 0 unspecified atom stereocenters. The van der Waals surface area contributed by atoms with Gasteiger partial charge >= 0.3 is 0 Å². The SMILES string of the molecule is Cc1cc2c(=O)[nH]c(CSCC(=O)Nc3nnc([C@@H]4CCCO4)s3)nc2s1. The molecule has 11 heteroatoms. The summed E-state index contributed by atoms with van der Waals surface area (Å²) >= 11 is 4.22. The van der Waals surface area contributed by atoms with Gasteiger partial charge in [-0.2, -0.15) is 0 Å². The molecule has 27 heavy (non-hydrogen) atoms. The van der Waals surface area contributed by atoms with Gasteiger partial charge in [-0.15, -0.1) is 33.3 Å². The normalized spacial score (nSPS) is 16.9. The van der Waals surface area contributed by atoms with Crippen molar-refractivity contribution in [1.82, 2.24) is 20.2 Å². The van der Waals surface area contributed by atoms with E-state index in [-0.39, 0.29) is 23.3 Å². The predicted octanol–water partition coefficient (Wildman–Crippen LogP) is 2.87. The Bertz CT molecular complexity index is 1020. The lowest BCUT2D eigenvalue weighted by molar-refractivity contribution is -0.113. The summed E-state index contributed by atoms with van der Waals surface area (Å²) in [5, 5.41) is 12.7. The van der Waals surface area contributed by atoms with Gasteiger partial charge in [0.25, 0.3) is 5.56 Å². The lowest BCUT2D eigenvalue weighted by Gasteiger charge is -2.03. The first-order valence-corrected chi connectivity index (χ1v) is 11.2. The molecule has 0 spiro atoms. The molecule has 1 amide bonds. The van der Waals surface area contributed by atoms with E-state index in [0.717, 1.165) is 34.2 Å². The van der Waals surface area contributed by atoms with Gasteiger partial charge in [0.05, 0.1) is 16.9 Å². The van der Waals surface area contributed by atoms with Crippen LogP contribution >= 0.6 is 34.4 Å². The Morgan fingerprint density at radius 2 is 2.33 bits per heavy atom. The molecule has 3 aromatic heterocycles. The number of hydrogen-bond acceptors (Lipinski definition) is 9. The molecule has 1 aliphatic rings. The molecule has 1 fully saturated rings. The number of amides is 1. The quantitative estimate of drug-likeness (QED) is 0.627. The molecule has 0 saturated carbocycles. The number of carbonyl (C=O) groups is 1. The van der Waals surface area contributed by atoms with Gasteiger partial charge in [0.2, 0.25) is 11.0 Å². The van der Waals surface area contributed by atoms with Crippen LogP contribution in [0.2, 0.25) is 0 Å². The Hall–Kier alpha value is -1.82. The summed E-state index contributed by atoms with van der Waals surface area (Å²) in [7, 11) is 0. The molecule has 1 atom stereocenters. The van der Waals surface area contributed by atoms with E-state index in [1.54, 1.807) is 0 Å². The Morgan fingerprint density at radius 3 is 3.15 bits per heavy atom. The van der Waals surface area contributed by atoms with E-state index in [9.17, 15) is 9.59 Å². The molecule has 4 heterocycles. The van der Waals surface area contributed by atoms with Crippen LogP contribution in [-0.2, 0) is 15.3 Å². The van der Waals surface area contributed by atoms with Gasteiger partial charge in [-0.05, 0) is 25.8 Å². The third-order valence-corrected chi connectivity index (χ3v) is 6.76. The summed E-state index contributed by atoms with van der Waals surface area (Å²) in [6, 6.07) is 1.84. The summed E-state index contributed by atoms with van der Waals surface area (Å²) in [4.78, 5) is 33.2. The van der Waals surface area contributed by atoms with Crippen LogP contribution < -0.4 is 10.9 Å². The summed E-state index contributed by atoms with van der Waals surface area (Å²) in [6.45, 7) is 2.69. The molecule has 1 saturated heterocycles. The number of rotatable bonds is 6. The number of hydrogen-bond donors (Lipinski definition) is 2. The minimum Gasteiger partial charge on any atom is -0.371 e. The van der Waals surface area contributed by atoms with Crippen molar-refractivity contribution >= 4 is 55.7 Å². The van der Waals surface area contributed by atoms with Crippen molar-refractivity contribution < 1.29 is 9.53 Å². The van der Waals surface area contributed by atoms with Crippen molar-refractivity contribution in [1.29, 1.82) is 0 Å². The summed E-state index contributed by atoms with van der Waals surface area (Å²) in [5.41, 5.74) is -0.139. The fourth-order valence-electron chi connectivity index (χ4n) is 2.75. The third kappa shape index (κ3) is 4.37. The van der Waals surface area contributed by atoms with E-state index in [1.807, 2.05) is 13.0 Å². The minimum atomic E-state index is -0.162. The minimum absolute atomic E-state index is 0.00114. The van der Waals surface area contributed by atoms with Crippen LogP contribution in [0.1, 0.15) is 34.7 Å². The Morgan fingerprint density at radius 1 is 1.44 bits per heavy atom. The monoisotopic (exact) mass is 423 g/mol. The highest BCUT2D eigenvalue weighted by atomic mass is 32.2. The average molecular weight is 424 g/mol. The van der Waals surface area contributed by atoms with Gasteiger partial charge in [0, 0.05) is 11.5 Å². The standard InChI is InChI=1S/C16H17N5O3S3/c1-8-5-9-13(23)17-11(18-14(9)26-8)6-25-7-12(22)19-16-21-20-15(27-16)10-3-2-4-24-10/h5,10H,2-4,6-7H2,1H3,(H,17,18,23)(H,19,21,22)/t10-/m0/s1. The number of ether oxygens (including phenoxy) is 1. The Kier molecular flexibility index (Phi) is 5.53. The van der Waals surface area contributed by atoms with Gasteiger partial charge in [0.1, 0.15) is 21.8 Å². The summed E-state index contributed by atoms with van der Waals surface area (Å²) in [5.74, 6) is 1.10. The maximum absolute atomic E-state index is 12.1. The van der Waals surface area contributed by atoms with Crippen molar-refractivity contribution in [2.45, 2.75) is 31.6 Å². The number of anilines is 1. The zero-order valence-electron chi connectivity index (χ0n) is 14.5. The van der Waals surface area contributed by atoms with Crippen molar-refractivity contribution in [2.24, 2.45) is 0 Å². The zero-order valence-corrected chi connectivity index (χ0v) is 16.9. The van der Waals surface area contributed by atoms with E-state index in [0.29, 0.717) is 22.1 Å². The first kappa shape index (κ1) is 18.5. The van der Waals surface area contributed by atoms with E-state index >= 15 is 0 Å². The number of aromatic nitrogens is 4. The van der Waals surface area contributed by atoms with Gasteiger partial charge < -0.3 is 9.72 Å². The number of thioether (sulfide) groups is 1. The van der Waals surface area contributed by atoms with Crippen LogP contribution in [0.3, 0.4) is 0 Å². The number of aryl methyl sites for hydroxylation is 1. The molecule has 0 aliphatic carbocycles. The van der Waals surface area contributed by atoms with Crippen molar-refractivity contribution in [3.05, 3.63) is 32.1 Å². The number of thiophene rings is 1. The van der Waals surface area contributed by atoms with E-state index in [2.05, 4.69) is 25.5 Å². The molecular formula is C16H17N5O3S3.